The van der Waals surface area contributed by atoms with Crippen LogP contribution >= 0.6 is 11.8 Å². The van der Waals surface area contributed by atoms with Crippen molar-refractivity contribution in [3.8, 4) is 6.07 Å². The highest BCUT2D eigenvalue weighted by molar-refractivity contribution is 7.98. The Labute approximate surface area is 151 Å². The summed E-state index contributed by atoms with van der Waals surface area (Å²) in [4.78, 5) is 21.8. The van der Waals surface area contributed by atoms with Crippen LogP contribution in [0, 0.1) is 11.3 Å². The summed E-state index contributed by atoms with van der Waals surface area (Å²) < 4.78 is 0. The van der Waals surface area contributed by atoms with Crippen molar-refractivity contribution in [2.24, 2.45) is 0 Å². The first-order chi connectivity index (χ1) is 12.2. The van der Waals surface area contributed by atoms with Crippen molar-refractivity contribution in [3.63, 3.8) is 0 Å². The molecule has 6 nitrogen and oxygen atoms in total. The van der Waals surface area contributed by atoms with E-state index in [0.29, 0.717) is 18.7 Å². The summed E-state index contributed by atoms with van der Waals surface area (Å²) >= 11 is 1.61. The van der Waals surface area contributed by atoms with E-state index in [0.717, 1.165) is 29.5 Å². The van der Waals surface area contributed by atoms with Gasteiger partial charge in [0.2, 0.25) is 0 Å². The van der Waals surface area contributed by atoms with Crippen LogP contribution in [0.5, 0.6) is 0 Å². The lowest BCUT2D eigenvalue weighted by Crippen LogP contribution is -2.50. The van der Waals surface area contributed by atoms with E-state index in [1.807, 2.05) is 41.5 Å². The SMILES string of the molecule is CSc1ccccc1NC(=O)N1CCN(c2ccc(C#N)cn2)CC1. The Morgan fingerprint density at radius 2 is 1.96 bits per heavy atom. The molecular weight excluding hydrogens is 334 g/mol. The number of pyridine rings is 1. The lowest BCUT2D eigenvalue weighted by atomic mass is 10.2. The number of rotatable bonds is 3. The second-order valence-corrected chi connectivity index (χ2v) is 6.47. The van der Waals surface area contributed by atoms with Gasteiger partial charge in [0.1, 0.15) is 11.9 Å². The van der Waals surface area contributed by atoms with Gasteiger partial charge < -0.3 is 15.1 Å². The summed E-state index contributed by atoms with van der Waals surface area (Å²) in [6.45, 7) is 2.71. The number of thioether (sulfide) groups is 1. The van der Waals surface area contributed by atoms with Crippen molar-refractivity contribution in [3.05, 3.63) is 48.2 Å². The Hall–Kier alpha value is -2.72. The second-order valence-electron chi connectivity index (χ2n) is 5.62. The molecule has 128 valence electrons. The van der Waals surface area contributed by atoms with Gasteiger partial charge in [-0.3, -0.25) is 0 Å². The Bertz CT molecular complexity index is 779. The Kier molecular flexibility index (Phi) is 5.41. The number of hydrogen-bond acceptors (Lipinski definition) is 5. The maximum absolute atomic E-state index is 12.5. The van der Waals surface area contributed by atoms with Crippen molar-refractivity contribution < 1.29 is 4.79 Å². The third kappa shape index (κ3) is 4.03. The molecule has 1 aliphatic heterocycles. The van der Waals surface area contributed by atoms with Gasteiger partial charge in [0.15, 0.2) is 0 Å². The summed E-state index contributed by atoms with van der Waals surface area (Å²) in [7, 11) is 0. The zero-order valence-corrected chi connectivity index (χ0v) is 14.8. The van der Waals surface area contributed by atoms with Crippen LogP contribution in [0.15, 0.2) is 47.5 Å². The van der Waals surface area contributed by atoms with Crippen LogP contribution < -0.4 is 10.2 Å². The number of carbonyl (C=O) groups excluding carboxylic acids is 1. The van der Waals surface area contributed by atoms with E-state index in [1.54, 1.807) is 24.0 Å². The van der Waals surface area contributed by atoms with Crippen LogP contribution in [-0.2, 0) is 0 Å². The largest absolute Gasteiger partial charge is 0.353 e. The molecule has 0 spiro atoms. The molecule has 0 radical (unpaired) electrons. The van der Waals surface area contributed by atoms with Gasteiger partial charge >= 0.3 is 6.03 Å². The van der Waals surface area contributed by atoms with Gasteiger partial charge in [-0.15, -0.1) is 11.8 Å². The molecular formula is C18H19N5OS. The monoisotopic (exact) mass is 353 g/mol. The van der Waals surface area contributed by atoms with E-state index in [-0.39, 0.29) is 6.03 Å². The van der Waals surface area contributed by atoms with Crippen molar-refractivity contribution in [1.29, 1.82) is 5.26 Å². The van der Waals surface area contributed by atoms with Crippen LogP contribution in [0.3, 0.4) is 0 Å². The maximum atomic E-state index is 12.5. The van der Waals surface area contributed by atoms with Gasteiger partial charge in [0.05, 0.1) is 11.3 Å². The van der Waals surface area contributed by atoms with E-state index in [9.17, 15) is 4.79 Å². The molecule has 25 heavy (non-hydrogen) atoms. The number of para-hydroxylation sites is 1. The molecule has 1 N–H and O–H groups in total. The third-order valence-electron chi connectivity index (χ3n) is 4.12. The van der Waals surface area contributed by atoms with Crippen molar-refractivity contribution in [2.75, 3.05) is 42.7 Å². The van der Waals surface area contributed by atoms with Gasteiger partial charge in [-0.1, -0.05) is 12.1 Å². The number of nitriles is 1. The number of benzene rings is 1. The highest BCUT2D eigenvalue weighted by atomic mass is 32.2. The molecule has 1 aromatic carbocycles. The first-order valence-electron chi connectivity index (χ1n) is 8.01. The molecule has 1 aliphatic rings. The number of piperazine rings is 1. The van der Waals surface area contributed by atoms with E-state index >= 15 is 0 Å². The molecule has 1 fully saturated rings. The van der Waals surface area contributed by atoms with Gasteiger partial charge in [0.25, 0.3) is 0 Å². The topological polar surface area (TPSA) is 72.3 Å². The lowest BCUT2D eigenvalue weighted by Gasteiger charge is -2.35. The molecule has 1 saturated heterocycles. The molecule has 2 heterocycles. The second kappa shape index (κ2) is 7.90. The molecule has 1 aromatic heterocycles. The molecule has 0 saturated carbocycles. The smallest absolute Gasteiger partial charge is 0.321 e. The maximum Gasteiger partial charge on any atom is 0.321 e. The fourth-order valence-electron chi connectivity index (χ4n) is 2.72. The Morgan fingerprint density at radius 1 is 1.20 bits per heavy atom. The fraction of sp³-hybridized carbons (Fsp3) is 0.278. The van der Waals surface area contributed by atoms with Gasteiger partial charge in [-0.25, -0.2) is 9.78 Å². The zero-order chi connectivity index (χ0) is 17.6. The zero-order valence-electron chi connectivity index (χ0n) is 14.0. The number of aromatic nitrogens is 1. The lowest BCUT2D eigenvalue weighted by molar-refractivity contribution is 0.208. The van der Waals surface area contributed by atoms with Crippen molar-refractivity contribution in [1.82, 2.24) is 9.88 Å². The molecule has 2 aromatic rings. The molecule has 7 heteroatoms. The molecule has 2 amide bonds. The standard InChI is InChI=1S/C18H19N5OS/c1-25-16-5-3-2-4-15(16)21-18(24)23-10-8-22(9-11-23)17-7-6-14(12-19)13-20-17/h2-7,13H,8-11H2,1H3,(H,21,24). The minimum atomic E-state index is -0.0751. The molecule has 0 unspecified atom stereocenters. The summed E-state index contributed by atoms with van der Waals surface area (Å²) in [5.74, 6) is 0.840. The average molecular weight is 353 g/mol. The highest BCUT2D eigenvalue weighted by Crippen LogP contribution is 2.25. The number of nitrogens with one attached hydrogen (secondary N) is 1. The fourth-order valence-corrected chi connectivity index (χ4v) is 3.27. The van der Waals surface area contributed by atoms with Crippen LogP contribution in [0.2, 0.25) is 0 Å². The Morgan fingerprint density at radius 3 is 2.60 bits per heavy atom. The minimum absolute atomic E-state index is 0.0751. The first kappa shape index (κ1) is 17.1. The number of urea groups is 1. The van der Waals surface area contributed by atoms with Crippen LogP contribution in [0.4, 0.5) is 16.3 Å². The predicted molar refractivity (Wildman–Crippen MR) is 100.0 cm³/mol. The third-order valence-corrected chi connectivity index (χ3v) is 4.91. The highest BCUT2D eigenvalue weighted by Gasteiger charge is 2.22. The van der Waals surface area contributed by atoms with Crippen LogP contribution in [0.25, 0.3) is 0 Å². The number of nitrogens with zero attached hydrogens (tertiary/aromatic N) is 4. The normalized spacial score (nSPS) is 14.1. The van der Waals surface area contributed by atoms with Crippen molar-refractivity contribution in [2.45, 2.75) is 4.90 Å². The average Bonchev–Trinajstić information content (AvgIpc) is 2.68. The number of hydrogen-bond donors (Lipinski definition) is 1. The summed E-state index contributed by atoms with van der Waals surface area (Å²) in [5, 5.41) is 11.8. The summed E-state index contributed by atoms with van der Waals surface area (Å²) in [6, 6.07) is 13.4. The number of anilines is 2. The van der Waals surface area contributed by atoms with E-state index in [2.05, 4.69) is 21.3 Å². The number of amides is 2. The molecule has 0 atom stereocenters. The van der Waals surface area contributed by atoms with Crippen LogP contribution in [0.1, 0.15) is 5.56 Å². The quantitative estimate of drug-likeness (QED) is 0.859. The predicted octanol–water partition coefficient (Wildman–Crippen LogP) is 3.03. The number of carbonyl (C=O) groups is 1. The van der Waals surface area contributed by atoms with Crippen LogP contribution in [-0.4, -0.2) is 48.3 Å². The molecule has 3 rings (SSSR count). The first-order valence-corrected chi connectivity index (χ1v) is 9.24. The summed E-state index contributed by atoms with van der Waals surface area (Å²) in [6.07, 6.45) is 3.57. The minimum Gasteiger partial charge on any atom is -0.353 e. The van der Waals surface area contributed by atoms with Gasteiger partial charge in [-0.05, 0) is 30.5 Å². The summed E-state index contributed by atoms with van der Waals surface area (Å²) in [5.41, 5.74) is 1.39. The molecule has 0 bridgehead atoms. The van der Waals surface area contributed by atoms with Gasteiger partial charge in [0, 0.05) is 37.3 Å². The molecule has 0 aliphatic carbocycles. The van der Waals surface area contributed by atoms with E-state index in [4.69, 9.17) is 5.26 Å². The Balaban J connectivity index is 1.58. The van der Waals surface area contributed by atoms with E-state index in [1.165, 1.54) is 0 Å². The van der Waals surface area contributed by atoms with Crippen molar-refractivity contribution >= 4 is 29.3 Å². The van der Waals surface area contributed by atoms with E-state index < -0.39 is 0 Å². The van der Waals surface area contributed by atoms with Gasteiger partial charge in [-0.2, -0.15) is 5.26 Å².